The van der Waals surface area contributed by atoms with Crippen LogP contribution in [0.2, 0.25) is 0 Å². The van der Waals surface area contributed by atoms with Gasteiger partial charge in [0.2, 0.25) is 5.89 Å². The van der Waals surface area contributed by atoms with Gasteiger partial charge in [-0.2, -0.15) is 10.2 Å². The lowest BCUT2D eigenvalue weighted by molar-refractivity contribution is 0.167. The second kappa shape index (κ2) is 5.78. The van der Waals surface area contributed by atoms with Gasteiger partial charge >= 0.3 is 0 Å². The predicted molar refractivity (Wildman–Crippen MR) is 60.1 cm³/mol. The summed E-state index contributed by atoms with van der Waals surface area (Å²) in [5.41, 5.74) is 0. The van der Waals surface area contributed by atoms with Gasteiger partial charge in [0.15, 0.2) is 5.82 Å². The maximum absolute atomic E-state index is 9.47. The lowest BCUT2D eigenvalue weighted by atomic mass is 9.89. The number of aromatic nitrogens is 2. The topological polar surface area (TPSA) is 82.9 Å². The maximum Gasteiger partial charge on any atom is 0.229 e. The standard InChI is InChI=1S/C12H17N3O2/c13-7-6-10(16)8-11-14-12(15-17-11)9-4-2-1-3-5-9/h9-10,16H,1-6,8H2. The van der Waals surface area contributed by atoms with E-state index in [1.807, 2.05) is 6.07 Å². The largest absolute Gasteiger partial charge is 0.392 e. The lowest BCUT2D eigenvalue weighted by Gasteiger charge is -2.17. The molecule has 2 rings (SSSR count). The minimum absolute atomic E-state index is 0.0984. The van der Waals surface area contributed by atoms with E-state index in [1.165, 1.54) is 19.3 Å². The summed E-state index contributed by atoms with van der Waals surface area (Å²) >= 11 is 0. The van der Waals surface area contributed by atoms with Crippen molar-refractivity contribution in [3.63, 3.8) is 0 Å². The molecule has 0 spiro atoms. The van der Waals surface area contributed by atoms with Gasteiger partial charge in [-0.05, 0) is 12.8 Å². The first-order chi connectivity index (χ1) is 8.29. The van der Waals surface area contributed by atoms with Crippen LogP contribution in [-0.2, 0) is 6.42 Å². The van der Waals surface area contributed by atoms with Gasteiger partial charge in [0.05, 0.1) is 25.0 Å². The van der Waals surface area contributed by atoms with Crippen LogP contribution >= 0.6 is 0 Å². The molecule has 1 aromatic rings. The molecule has 1 saturated carbocycles. The van der Waals surface area contributed by atoms with Gasteiger partial charge in [-0.3, -0.25) is 0 Å². The molecule has 0 amide bonds. The van der Waals surface area contributed by atoms with Crippen LogP contribution in [-0.4, -0.2) is 21.4 Å². The molecule has 1 N–H and O–H groups in total. The number of nitriles is 1. The lowest BCUT2D eigenvalue weighted by Crippen LogP contribution is -2.10. The Labute approximate surface area is 100 Å². The summed E-state index contributed by atoms with van der Waals surface area (Å²) in [5.74, 6) is 1.62. The summed E-state index contributed by atoms with van der Waals surface area (Å²) in [5, 5.41) is 21.9. The molecule has 17 heavy (non-hydrogen) atoms. The Balaban J connectivity index is 1.93. The Morgan fingerprint density at radius 3 is 2.88 bits per heavy atom. The zero-order chi connectivity index (χ0) is 12.1. The molecule has 0 radical (unpaired) electrons. The monoisotopic (exact) mass is 235 g/mol. The van der Waals surface area contributed by atoms with Crippen LogP contribution in [0.3, 0.4) is 0 Å². The number of nitrogens with zero attached hydrogens (tertiary/aromatic N) is 3. The third-order valence-electron chi connectivity index (χ3n) is 3.19. The molecular weight excluding hydrogens is 218 g/mol. The molecule has 0 aliphatic heterocycles. The number of aliphatic hydroxyl groups excluding tert-OH is 1. The van der Waals surface area contributed by atoms with Crippen LogP contribution < -0.4 is 0 Å². The van der Waals surface area contributed by atoms with Crippen molar-refractivity contribution >= 4 is 0 Å². The summed E-state index contributed by atoms with van der Waals surface area (Å²) in [7, 11) is 0. The molecule has 5 heteroatoms. The second-order valence-electron chi connectivity index (χ2n) is 4.60. The summed E-state index contributed by atoms with van der Waals surface area (Å²) in [6.07, 6.45) is 5.66. The molecule has 0 bridgehead atoms. The highest BCUT2D eigenvalue weighted by atomic mass is 16.5. The first-order valence-corrected chi connectivity index (χ1v) is 6.17. The van der Waals surface area contributed by atoms with Gasteiger partial charge < -0.3 is 9.63 Å². The van der Waals surface area contributed by atoms with Crippen molar-refractivity contribution < 1.29 is 9.63 Å². The van der Waals surface area contributed by atoms with Gasteiger partial charge in [0.25, 0.3) is 0 Å². The Morgan fingerprint density at radius 1 is 1.41 bits per heavy atom. The molecule has 92 valence electrons. The molecular formula is C12H17N3O2. The van der Waals surface area contributed by atoms with Crippen LogP contribution in [0.1, 0.15) is 56.2 Å². The number of rotatable bonds is 4. The zero-order valence-corrected chi connectivity index (χ0v) is 9.80. The number of aliphatic hydroxyl groups is 1. The van der Waals surface area contributed by atoms with E-state index < -0.39 is 6.10 Å². The maximum atomic E-state index is 9.47. The molecule has 1 unspecified atom stereocenters. The average molecular weight is 235 g/mol. The third kappa shape index (κ3) is 3.27. The Bertz CT molecular complexity index is 391. The second-order valence-corrected chi connectivity index (χ2v) is 4.60. The van der Waals surface area contributed by atoms with E-state index >= 15 is 0 Å². The van der Waals surface area contributed by atoms with Crippen molar-refractivity contribution in [2.24, 2.45) is 0 Å². The molecule has 0 saturated heterocycles. The minimum atomic E-state index is -0.709. The SMILES string of the molecule is N#CCC(O)Cc1nc(C2CCCCC2)no1. The summed E-state index contributed by atoms with van der Waals surface area (Å²) in [6.45, 7) is 0. The van der Waals surface area contributed by atoms with Crippen LogP contribution in [0.25, 0.3) is 0 Å². The van der Waals surface area contributed by atoms with Crippen molar-refractivity contribution in [3.8, 4) is 6.07 Å². The fourth-order valence-corrected chi connectivity index (χ4v) is 2.26. The van der Waals surface area contributed by atoms with Crippen LogP contribution in [0.15, 0.2) is 4.52 Å². The highest BCUT2D eigenvalue weighted by Crippen LogP contribution is 2.30. The number of hydrogen-bond donors (Lipinski definition) is 1. The first-order valence-electron chi connectivity index (χ1n) is 6.17. The Hall–Kier alpha value is -1.41. The molecule has 0 aromatic carbocycles. The van der Waals surface area contributed by atoms with Crippen molar-refractivity contribution in [2.45, 2.75) is 57.0 Å². The normalized spacial score (nSPS) is 18.8. The van der Waals surface area contributed by atoms with Crippen molar-refractivity contribution in [1.82, 2.24) is 10.1 Å². The molecule has 1 fully saturated rings. The minimum Gasteiger partial charge on any atom is -0.392 e. The average Bonchev–Trinajstić information content (AvgIpc) is 2.79. The molecule has 5 nitrogen and oxygen atoms in total. The highest BCUT2D eigenvalue weighted by Gasteiger charge is 2.21. The van der Waals surface area contributed by atoms with E-state index in [-0.39, 0.29) is 12.8 Å². The van der Waals surface area contributed by atoms with Crippen molar-refractivity contribution in [3.05, 3.63) is 11.7 Å². The van der Waals surface area contributed by atoms with Crippen molar-refractivity contribution in [2.75, 3.05) is 0 Å². The van der Waals surface area contributed by atoms with Gasteiger partial charge in [0.1, 0.15) is 0 Å². The molecule has 1 aliphatic rings. The number of hydrogen-bond acceptors (Lipinski definition) is 5. The molecule has 1 heterocycles. The van der Waals surface area contributed by atoms with Gasteiger partial charge in [-0.25, -0.2) is 0 Å². The fraction of sp³-hybridized carbons (Fsp3) is 0.750. The van der Waals surface area contributed by atoms with E-state index in [0.717, 1.165) is 18.7 Å². The van der Waals surface area contributed by atoms with Gasteiger partial charge in [-0.1, -0.05) is 24.4 Å². The fourth-order valence-electron chi connectivity index (χ4n) is 2.26. The quantitative estimate of drug-likeness (QED) is 0.862. The zero-order valence-electron chi connectivity index (χ0n) is 9.80. The molecule has 1 aromatic heterocycles. The van der Waals surface area contributed by atoms with E-state index in [1.54, 1.807) is 0 Å². The summed E-state index contributed by atoms with van der Waals surface area (Å²) < 4.78 is 5.10. The third-order valence-corrected chi connectivity index (χ3v) is 3.19. The Kier molecular flexibility index (Phi) is 4.10. The molecule has 1 aliphatic carbocycles. The van der Waals surface area contributed by atoms with Crippen LogP contribution in [0.4, 0.5) is 0 Å². The van der Waals surface area contributed by atoms with Gasteiger partial charge in [-0.15, -0.1) is 0 Å². The van der Waals surface area contributed by atoms with Crippen LogP contribution in [0, 0.1) is 11.3 Å². The summed E-state index contributed by atoms with van der Waals surface area (Å²) in [4.78, 5) is 4.31. The summed E-state index contributed by atoms with van der Waals surface area (Å²) in [6, 6.07) is 1.92. The van der Waals surface area contributed by atoms with E-state index in [9.17, 15) is 5.11 Å². The Morgan fingerprint density at radius 2 is 2.18 bits per heavy atom. The van der Waals surface area contributed by atoms with E-state index in [2.05, 4.69) is 10.1 Å². The van der Waals surface area contributed by atoms with Crippen molar-refractivity contribution in [1.29, 1.82) is 5.26 Å². The van der Waals surface area contributed by atoms with Crippen LogP contribution in [0.5, 0.6) is 0 Å². The van der Waals surface area contributed by atoms with E-state index in [4.69, 9.17) is 9.78 Å². The predicted octanol–water partition coefficient (Wildman–Crippen LogP) is 1.93. The smallest absolute Gasteiger partial charge is 0.229 e. The first kappa shape index (κ1) is 12.1. The van der Waals surface area contributed by atoms with Gasteiger partial charge in [0, 0.05) is 5.92 Å². The molecule has 1 atom stereocenters. The highest BCUT2D eigenvalue weighted by molar-refractivity contribution is 4.98. The van der Waals surface area contributed by atoms with E-state index in [0.29, 0.717) is 11.8 Å².